The van der Waals surface area contributed by atoms with Crippen LogP contribution in [0.4, 0.5) is 0 Å². The van der Waals surface area contributed by atoms with E-state index < -0.39 is 0 Å². The molecule has 0 spiro atoms. The summed E-state index contributed by atoms with van der Waals surface area (Å²) in [4.78, 5) is 4.57. The van der Waals surface area contributed by atoms with Crippen molar-refractivity contribution in [2.24, 2.45) is 5.92 Å². The van der Waals surface area contributed by atoms with Crippen LogP contribution in [0, 0.1) is 5.92 Å². The number of halogens is 1. The van der Waals surface area contributed by atoms with Crippen molar-refractivity contribution in [1.82, 2.24) is 14.7 Å². The number of rotatable bonds is 7. The number of hydrogen-bond acceptors (Lipinski definition) is 3. The third-order valence-corrected chi connectivity index (χ3v) is 3.54. The van der Waals surface area contributed by atoms with E-state index in [-0.39, 0.29) is 0 Å². The summed E-state index contributed by atoms with van der Waals surface area (Å²) in [5.41, 5.74) is 1.92. The summed E-state index contributed by atoms with van der Waals surface area (Å²) in [6, 6.07) is 4.11. The molecule has 5 heteroatoms. The minimum Gasteiger partial charge on any atom is -0.380 e. The maximum absolute atomic E-state index is 5.97. The fourth-order valence-corrected chi connectivity index (χ4v) is 2.24. The molecule has 0 fully saturated rings. The molecular formula is C15H22ClN3O. The molecule has 0 saturated carbocycles. The molecule has 2 rings (SSSR count). The van der Waals surface area contributed by atoms with Crippen LogP contribution in [0.3, 0.4) is 0 Å². The summed E-state index contributed by atoms with van der Waals surface area (Å²) in [5, 5.41) is 4.23. The first kappa shape index (κ1) is 15.3. The molecule has 0 aromatic carbocycles. The topological polar surface area (TPSA) is 38.6 Å². The Hall–Kier alpha value is -1.10. The molecule has 2 aromatic heterocycles. The van der Waals surface area contributed by atoms with Gasteiger partial charge in [0, 0.05) is 31.6 Å². The Bertz CT molecular complexity index is 553. The fraction of sp³-hybridized carbons (Fsp3) is 0.533. The summed E-state index contributed by atoms with van der Waals surface area (Å²) < 4.78 is 7.47. The number of aromatic nitrogens is 2. The monoisotopic (exact) mass is 295 g/mol. The molecule has 0 amide bonds. The van der Waals surface area contributed by atoms with Crippen molar-refractivity contribution in [1.29, 1.82) is 0 Å². The van der Waals surface area contributed by atoms with Gasteiger partial charge in [-0.05, 0) is 25.0 Å². The van der Waals surface area contributed by atoms with Crippen LogP contribution in [0.15, 0.2) is 24.5 Å². The van der Waals surface area contributed by atoms with E-state index in [2.05, 4.69) is 24.1 Å². The van der Waals surface area contributed by atoms with Crippen molar-refractivity contribution in [3.05, 3.63) is 35.2 Å². The average Bonchev–Trinajstić information content (AvgIpc) is 2.80. The predicted molar refractivity (Wildman–Crippen MR) is 82.2 cm³/mol. The number of nitrogens with one attached hydrogen (secondary N) is 1. The Morgan fingerprint density at radius 2 is 2.15 bits per heavy atom. The van der Waals surface area contributed by atoms with Crippen molar-refractivity contribution in [2.75, 3.05) is 13.2 Å². The highest BCUT2D eigenvalue weighted by molar-refractivity contribution is 6.30. The molecule has 110 valence electrons. The van der Waals surface area contributed by atoms with Crippen molar-refractivity contribution in [3.8, 4) is 0 Å². The number of imidazole rings is 1. The molecule has 0 aliphatic heterocycles. The van der Waals surface area contributed by atoms with Gasteiger partial charge in [0.05, 0.1) is 17.3 Å². The van der Waals surface area contributed by atoms with Gasteiger partial charge in [0.2, 0.25) is 0 Å². The molecule has 2 heterocycles. The molecule has 0 aliphatic carbocycles. The van der Waals surface area contributed by atoms with E-state index >= 15 is 0 Å². The summed E-state index contributed by atoms with van der Waals surface area (Å²) in [7, 11) is 0. The molecule has 20 heavy (non-hydrogen) atoms. The van der Waals surface area contributed by atoms with E-state index in [0.29, 0.717) is 17.0 Å². The number of hydrogen-bond donors (Lipinski definition) is 1. The maximum Gasteiger partial charge on any atom is 0.137 e. The molecule has 2 aromatic rings. The second-order valence-electron chi connectivity index (χ2n) is 5.24. The van der Waals surface area contributed by atoms with E-state index in [9.17, 15) is 0 Å². The summed E-state index contributed by atoms with van der Waals surface area (Å²) in [6.45, 7) is 8.61. The van der Waals surface area contributed by atoms with Crippen LogP contribution in [0.2, 0.25) is 5.02 Å². The molecule has 0 radical (unpaired) electrons. The van der Waals surface area contributed by atoms with Gasteiger partial charge in [-0.15, -0.1) is 0 Å². The Kier molecular flexibility index (Phi) is 5.40. The van der Waals surface area contributed by atoms with Crippen LogP contribution in [0.25, 0.3) is 5.65 Å². The van der Waals surface area contributed by atoms with Gasteiger partial charge in [-0.25, -0.2) is 4.98 Å². The lowest BCUT2D eigenvalue weighted by atomic mass is 10.1. The Morgan fingerprint density at radius 3 is 2.85 bits per heavy atom. The number of nitrogens with zero attached hydrogens (tertiary/aromatic N) is 2. The second-order valence-corrected chi connectivity index (χ2v) is 5.67. The first-order chi connectivity index (χ1) is 9.60. The number of fused-ring (bicyclic) bond motifs is 1. The smallest absolute Gasteiger partial charge is 0.137 e. The third-order valence-electron chi connectivity index (χ3n) is 3.32. The van der Waals surface area contributed by atoms with E-state index in [4.69, 9.17) is 16.3 Å². The molecule has 0 aliphatic rings. The van der Waals surface area contributed by atoms with Gasteiger partial charge in [0.15, 0.2) is 0 Å². The van der Waals surface area contributed by atoms with Gasteiger partial charge in [0.25, 0.3) is 0 Å². The predicted octanol–water partition coefficient (Wildman–Crippen LogP) is 3.14. The molecule has 0 saturated heterocycles. The zero-order valence-electron chi connectivity index (χ0n) is 12.3. The largest absolute Gasteiger partial charge is 0.380 e. The SMILES string of the molecule is CCOCC(NCc1cn2cc(Cl)ccc2n1)C(C)C. The maximum atomic E-state index is 5.97. The zero-order valence-corrected chi connectivity index (χ0v) is 13.0. The number of ether oxygens (including phenoxy) is 1. The highest BCUT2D eigenvalue weighted by Crippen LogP contribution is 2.12. The molecule has 1 N–H and O–H groups in total. The lowest BCUT2D eigenvalue weighted by molar-refractivity contribution is 0.107. The van der Waals surface area contributed by atoms with Gasteiger partial charge >= 0.3 is 0 Å². The Balaban J connectivity index is 2.00. The van der Waals surface area contributed by atoms with E-state index in [1.54, 1.807) is 0 Å². The van der Waals surface area contributed by atoms with Crippen LogP contribution >= 0.6 is 11.6 Å². The normalized spacial score (nSPS) is 13.2. The van der Waals surface area contributed by atoms with Gasteiger partial charge in [-0.3, -0.25) is 0 Å². The quantitative estimate of drug-likeness (QED) is 0.853. The third kappa shape index (κ3) is 3.95. The standard InChI is InChI=1S/C15H22ClN3O/c1-4-20-10-14(11(2)3)17-7-13-9-19-8-12(16)5-6-15(19)18-13/h5-6,8-9,11,14,17H,4,7,10H2,1-3H3. The molecule has 0 bridgehead atoms. The van der Waals surface area contributed by atoms with Crippen LogP contribution in [-0.2, 0) is 11.3 Å². The van der Waals surface area contributed by atoms with E-state index in [1.807, 2.05) is 35.9 Å². The molecule has 4 nitrogen and oxygen atoms in total. The van der Waals surface area contributed by atoms with Crippen LogP contribution in [0.1, 0.15) is 26.5 Å². The van der Waals surface area contributed by atoms with Crippen molar-refractivity contribution in [3.63, 3.8) is 0 Å². The zero-order chi connectivity index (χ0) is 14.5. The van der Waals surface area contributed by atoms with Crippen molar-refractivity contribution >= 4 is 17.2 Å². The van der Waals surface area contributed by atoms with Crippen LogP contribution in [-0.4, -0.2) is 28.6 Å². The Labute approximate surface area is 125 Å². The first-order valence-corrected chi connectivity index (χ1v) is 7.42. The highest BCUT2D eigenvalue weighted by atomic mass is 35.5. The van der Waals surface area contributed by atoms with Gasteiger partial charge in [-0.2, -0.15) is 0 Å². The van der Waals surface area contributed by atoms with Gasteiger partial charge < -0.3 is 14.5 Å². The minimum absolute atomic E-state index is 0.336. The van der Waals surface area contributed by atoms with Gasteiger partial charge in [0.1, 0.15) is 5.65 Å². The number of pyridine rings is 1. The Morgan fingerprint density at radius 1 is 1.35 bits per heavy atom. The van der Waals surface area contributed by atoms with Crippen LogP contribution in [0.5, 0.6) is 0 Å². The summed E-state index contributed by atoms with van der Waals surface area (Å²) >= 11 is 5.97. The van der Waals surface area contributed by atoms with Crippen LogP contribution < -0.4 is 5.32 Å². The van der Waals surface area contributed by atoms with E-state index in [1.165, 1.54) is 0 Å². The minimum atomic E-state index is 0.336. The van der Waals surface area contributed by atoms with E-state index in [0.717, 1.165) is 31.1 Å². The fourth-order valence-electron chi connectivity index (χ4n) is 2.07. The lowest BCUT2D eigenvalue weighted by Crippen LogP contribution is -2.37. The van der Waals surface area contributed by atoms with Crippen molar-refractivity contribution in [2.45, 2.75) is 33.4 Å². The average molecular weight is 296 g/mol. The molecule has 1 unspecified atom stereocenters. The van der Waals surface area contributed by atoms with Gasteiger partial charge in [-0.1, -0.05) is 25.4 Å². The lowest BCUT2D eigenvalue weighted by Gasteiger charge is -2.21. The second kappa shape index (κ2) is 7.07. The van der Waals surface area contributed by atoms with Crippen molar-refractivity contribution < 1.29 is 4.74 Å². The first-order valence-electron chi connectivity index (χ1n) is 7.04. The molecular weight excluding hydrogens is 274 g/mol. The summed E-state index contributed by atoms with van der Waals surface area (Å²) in [5.74, 6) is 0.521. The summed E-state index contributed by atoms with van der Waals surface area (Å²) in [6.07, 6.45) is 3.87. The highest BCUT2D eigenvalue weighted by Gasteiger charge is 2.13. The molecule has 1 atom stereocenters.